The van der Waals surface area contributed by atoms with Crippen molar-refractivity contribution in [2.45, 2.75) is 24.6 Å². The molecular weight excluding hydrogens is 586 g/mol. The lowest BCUT2D eigenvalue weighted by molar-refractivity contribution is -0.141. The fourth-order valence-electron chi connectivity index (χ4n) is 5.17. The number of rotatable bonds is 12. The average Bonchev–Trinajstić information content (AvgIpc) is 3.31. The zero-order valence-electron chi connectivity index (χ0n) is 25.3. The SMILES string of the molecule is CCNCC.O=C(CN1C(=O)c2ccccc2C1=O)NC(CSC(c1ccccc1)(c1ccccc1)c1ccccc1)C(=O)O. The highest BCUT2D eigenvalue weighted by Gasteiger charge is 2.40. The first-order valence-electron chi connectivity index (χ1n) is 14.8. The molecule has 45 heavy (non-hydrogen) atoms. The van der Waals surface area contributed by atoms with E-state index in [1.54, 1.807) is 12.1 Å². The summed E-state index contributed by atoms with van der Waals surface area (Å²) in [4.78, 5) is 51.5. The van der Waals surface area contributed by atoms with Crippen molar-refractivity contribution in [3.8, 4) is 0 Å². The average molecular weight is 624 g/mol. The molecule has 0 aromatic heterocycles. The summed E-state index contributed by atoms with van der Waals surface area (Å²) in [5.74, 6) is -3.08. The lowest BCUT2D eigenvalue weighted by Gasteiger charge is -2.36. The van der Waals surface area contributed by atoms with Crippen LogP contribution in [0.25, 0.3) is 0 Å². The number of nitrogens with zero attached hydrogens (tertiary/aromatic N) is 1. The predicted molar refractivity (Wildman–Crippen MR) is 177 cm³/mol. The smallest absolute Gasteiger partial charge is 0.327 e. The van der Waals surface area contributed by atoms with Crippen LogP contribution in [-0.4, -0.2) is 65.1 Å². The Bertz CT molecular complexity index is 1470. The Morgan fingerprint density at radius 2 is 1.11 bits per heavy atom. The summed E-state index contributed by atoms with van der Waals surface area (Å²) in [5, 5.41) is 15.7. The van der Waals surface area contributed by atoms with Crippen molar-refractivity contribution in [3.63, 3.8) is 0 Å². The molecule has 0 fully saturated rings. The van der Waals surface area contributed by atoms with E-state index in [0.717, 1.165) is 34.7 Å². The van der Waals surface area contributed by atoms with Gasteiger partial charge < -0.3 is 15.7 Å². The first-order chi connectivity index (χ1) is 21.8. The molecule has 1 aliphatic heterocycles. The van der Waals surface area contributed by atoms with Crippen molar-refractivity contribution in [2.75, 3.05) is 25.4 Å². The van der Waals surface area contributed by atoms with Crippen LogP contribution in [0.2, 0.25) is 0 Å². The normalized spacial score (nSPS) is 13.0. The number of thioether (sulfide) groups is 1. The van der Waals surface area contributed by atoms with Gasteiger partial charge in [0, 0.05) is 5.75 Å². The first kappa shape index (κ1) is 33.2. The zero-order valence-corrected chi connectivity index (χ0v) is 26.1. The van der Waals surface area contributed by atoms with Gasteiger partial charge in [-0.3, -0.25) is 19.3 Å². The quantitative estimate of drug-likeness (QED) is 0.147. The Labute approximate surface area is 267 Å². The van der Waals surface area contributed by atoms with E-state index in [-0.39, 0.29) is 16.9 Å². The Balaban J connectivity index is 0.000000854. The number of hydrogen-bond acceptors (Lipinski definition) is 6. The number of hydrogen-bond donors (Lipinski definition) is 3. The van der Waals surface area contributed by atoms with E-state index in [2.05, 4.69) is 24.5 Å². The standard InChI is InChI=1S/C32H26N2O5S.C4H11N/c35-28(20-34-29(36)25-18-10-11-19-26(25)30(34)37)33-27(31(38)39)21-40-32(22-12-4-1-5-13-22,23-14-6-2-7-15-23)24-16-8-3-9-17-24;1-3-5-4-2/h1-19,27H,20-21H2,(H,33,35)(H,38,39);5H,3-4H2,1-2H3. The molecule has 3 N–H and O–H groups in total. The molecule has 232 valence electrons. The number of carboxylic acids is 1. The summed E-state index contributed by atoms with van der Waals surface area (Å²) < 4.78 is -0.773. The summed E-state index contributed by atoms with van der Waals surface area (Å²) >= 11 is 1.40. The van der Waals surface area contributed by atoms with Gasteiger partial charge >= 0.3 is 5.97 Å². The molecule has 1 atom stereocenters. The molecule has 9 heteroatoms. The van der Waals surface area contributed by atoms with Crippen LogP contribution < -0.4 is 10.6 Å². The molecule has 8 nitrogen and oxygen atoms in total. The van der Waals surface area contributed by atoms with Gasteiger partial charge in [0.25, 0.3) is 11.8 Å². The molecule has 1 heterocycles. The van der Waals surface area contributed by atoms with E-state index in [0.29, 0.717) is 0 Å². The van der Waals surface area contributed by atoms with Crippen molar-refractivity contribution >= 4 is 35.5 Å². The second-order valence-corrected chi connectivity index (χ2v) is 11.5. The maximum atomic E-state index is 13.0. The highest BCUT2D eigenvalue weighted by atomic mass is 32.2. The first-order valence-corrected chi connectivity index (χ1v) is 15.8. The van der Waals surface area contributed by atoms with Crippen LogP contribution in [0.15, 0.2) is 115 Å². The van der Waals surface area contributed by atoms with E-state index in [1.165, 1.54) is 23.9 Å². The third kappa shape index (κ3) is 7.68. The highest BCUT2D eigenvalue weighted by Crippen LogP contribution is 2.48. The summed E-state index contributed by atoms with van der Waals surface area (Å²) in [6.45, 7) is 5.82. The van der Waals surface area contributed by atoms with Crippen LogP contribution >= 0.6 is 11.8 Å². The molecule has 0 saturated heterocycles. The minimum Gasteiger partial charge on any atom is -0.480 e. The molecule has 1 unspecified atom stereocenters. The van der Waals surface area contributed by atoms with Crippen LogP contribution in [0, 0.1) is 0 Å². The van der Waals surface area contributed by atoms with Crippen molar-refractivity contribution in [3.05, 3.63) is 143 Å². The number of amides is 3. The Hall–Kier alpha value is -4.73. The van der Waals surface area contributed by atoms with Gasteiger partial charge in [-0.05, 0) is 41.9 Å². The molecule has 0 saturated carbocycles. The molecule has 1 aliphatic rings. The van der Waals surface area contributed by atoms with E-state index >= 15 is 0 Å². The van der Waals surface area contributed by atoms with Crippen LogP contribution in [0.5, 0.6) is 0 Å². The minimum absolute atomic E-state index is 0.0157. The molecule has 0 aliphatic carbocycles. The molecule has 5 rings (SSSR count). The maximum Gasteiger partial charge on any atom is 0.327 e. The van der Waals surface area contributed by atoms with Gasteiger partial charge in [0.15, 0.2) is 0 Å². The second-order valence-electron chi connectivity index (χ2n) is 10.2. The second kappa shape index (κ2) is 15.8. The van der Waals surface area contributed by atoms with E-state index in [9.17, 15) is 24.3 Å². The molecule has 4 aromatic rings. The van der Waals surface area contributed by atoms with Crippen molar-refractivity contribution in [1.29, 1.82) is 0 Å². The number of aliphatic carboxylic acids is 1. The van der Waals surface area contributed by atoms with Gasteiger partial charge in [0.2, 0.25) is 5.91 Å². The Morgan fingerprint density at radius 3 is 1.47 bits per heavy atom. The van der Waals surface area contributed by atoms with Crippen molar-refractivity contribution in [2.24, 2.45) is 0 Å². The molecule has 0 radical (unpaired) electrons. The summed E-state index contributed by atoms with van der Waals surface area (Å²) in [5.41, 5.74) is 3.32. The number of carbonyl (C=O) groups excluding carboxylic acids is 3. The topological polar surface area (TPSA) is 116 Å². The van der Waals surface area contributed by atoms with E-state index < -0.39 is 41.0 Å². The minimum atomic E-state index is -1.27. The van der Waals surface area contributed by atoms with E-state index in [1.807, 2.05) is 91.0 Å². The summed E-state index contributed by atoms with van der Waals surface area (Å²) in [7, 11) is 0. The van der Waals surface area contributed by atoms with Crippen molar-refractivity contribution < 1.29 is 24.3 Å². The van der Waals surface area contributed by atoms with Crippen LogP contribution in [0.4, 0.5) is 0 Å². The number of carboxylic acid groups (broad SMARTS) is 1. The number of imide groups is 1. The Kier molecular flexibility index (Phi) is 11.7. The van der Waals surface area contributed by atoms with Crippen LogP contribution in [-0.2, 0) is 14.3 Å². The fourth-order valence-corrected chi connectivity index (χ4v) is 6.72. The number of benzene rings is 4. The largest absolute Gasteiger partial charge is 0.480 e. The monoisotopic (exact) mass is 623 g/mol. The zero-order chi connectivity index (χ0) is 32.2. The highest BCUT2D eigenvalue weighted by molar-refractivity contribution is 8.00. The number of fused-ring (bicyclic) bond motifs is 1. The van der Waals surface area contributed by atoms with Crippen LogP contribution in [0.1, 0.15) is 51.3 Å². The van der Waals surface area contributed by atoms with Crippen LogP contribution in [0.3, 0.4) is 0 Å². The van der Waals surface area contributed by atoms with Gasteiger partial charge in [-0.25, -0.2) is 4.79 Å². The molecular formula is C36H37N3O5S. The summed E-state index contributed by atoms with van der Waals surface area (Å²) in [6.07, 6.45) is 0. The third-order valence-corrected chi connectivity index (χ3v) is 8.96. The fraction of sp³-hybridized carbons (Fsp3) is 0.222. The van der Waals surface area contributed by atoms with Gasteiger partial charge in [0.1, 0.15) is 12.6 Å². The number of carbonyl (C=O) groups is 4. The lowest BCUT2D eigenvalue weighted by Crippen LogP contribution is -2.48. The van der Waals surface area contributed by atoms with Gasteiger partial charge in [-0.15, -0.1) is 11.8 Å². The van der Waals surface area contributed by atoms with Gasteiger partial charge in [-0.2, -0.15) is 0 Å². The van der Waals surface area contributed by atoms with Gasteiger partial charge in [0.05, 0.1) is 15.9 Å². The Morgan fingerprint density at radius 1 is 0.711 bits per heavy atom. The maximum absolute atomic E-state index is 13.0. The van der Waals surface area contributed by atoms with Crippen molar-refractivity contribution in [1.82, 2.24) is 15.5 Å². The van der Waals surface area contributed by atoms with E-state index in [4.69, 9.17) is 0 Å². The van der Waals surface area contributed by atoms with Gasteiger partial charge in [-0.1, -0.05) is 117 Å². The molecule has 0 spiro atoms. The summed E-state index contributed by atoms with van der Waals surface area (Å²) in [6, 6.07) is 34.5. The third-order valence-electron chi connectivity index (χ3n) is 7.32. The molecule has 3 amide bonds. The number of nitrogens with one attached hydrogen (secondary N) is 2. The molecule has 0 bridgehead atoms. The lowest BCUT2D eigenvalue weighted by atomic mass is 9.84. The predicted octanol–water partition coefficient (Wildman–Crippen LogP) is 5.19. The molecule has 4 aromatic carbocycles.